The number of thiocarbonyl (C=S) groups is 1. The summed E-state index contributed by atoms with van der Waals surface area (Å²) < 4.78 is 10.7. The fraction of sp³-hybridized carbons (Fsp3) is 0.300. The molecule has 3 N–H and O–H groups in total. The van der Waals surface area contributed by atoms with Gasteiger partial charge in [-0.05, 0) is 61.0 Å². The summed E-state index contributed by atoms with van der Waals surface area (Å²) in [5.41, 5.74) is 7.77. The predicted molar refractivity (Wildman–Crippen MR) is 112 cm³/mol. The van der Waals surface area contributed by atoms with E-state index >= 15 is 0 Å². The number of nitrogens with one attached hydrogen (secondary N) is 3. The Morgan fingerprint density at radius 2 is 1.78 bits per heavy atom. The van der Waals surface area contributed by atoms with E-state index in [1.54, 1.807) is 18.2 Å². The number of carbonyl (C=O) groups excluding carboxylic acids is 1. The molecule has 144 valence electrons. The van der Waals surface area contributed by atoms with Crippen LogP contribution in [0.3, 0.4) is 0 Å². The Morgan fingerprint density at radius 3 is 2.37 bits per heavy atom. The molecule has 0 saturated carbocycles. The second-order valence-electron chi connectivity index (χ2n) is 6.11. The molecule has 2 rings (SSSR count). The van der Waals surface area contributed by atoms with Crippen molar-refractivity contribution in [1.82, 2.24) is 10.9 Å². The fourth-order valence-corrected chi connectivity index (χ4v) is 2.55. The van der Waals surface area contributed by atoms with Crippen LogP contribution in [-0.2, 0) is 0 Å². The zero-order valence-electron chi connectivity index (χ0n) is 16.0. The van der Waals surface area contributed by atoms with Gasteiger partial charge in [0.05, 0.1) is 13.7 Å². The van der Waals surface area contributed by atoms with Crippen molar-refractivity contribution in [1.29, 1.82) is 0 Å². The van der Waals surface area contributed by atoms with Gasteiger partial charge in [0.2, 0.25) is 0 Å². The molecular formula is C20H25N3O3S. The van der Waals surface area contributed by atoms with E-state index < -0.39 is 0 Å². The molecule has 7 heteroatoms. The van der Waals surface area contributed by atoms with E-state index in [9.17, 15) is 4.79 Å². The Labute approximate surface area is 165 Å². The van der Waals surface area contributed by atoms with Crippen LogP contribution in [0.25, 0.3) is 0 Å². The Morgan fingerprint density at radius 1 is 1.07 bits per heavy atom. The Hall–Kier alpha value is -2.80. The highest BCUT2D eigenvalue weighted by atomic mass is 32.1. The van der Waals surface area contributed by atoms with Crippen LogP contribution in [-0.4, -0.2) is 24.7 Å². The smallest absolute Gasteiger partial charge is 0.269 e. The van der Waals surface area contributed by atoms with Crippen molar-refractivity contribution in [3.05, 3.63) is 53.6 Å². The van der Waals surface area contributed by atoms with Crippen LogP contribution in [0.4, 0.5) is 5.69 Å². The number of benzene rings is 2. The van der Waals surface area contributed by atoms with Crippen molar-refractivity contribution < 1.29 is 14.3 Å². The molecule has 0 unspecified atom stereocenters. The molecule has 2 aromatic rings. The average molecular weight is 388 g/mol. The molecule has 1 amide bonds. The van der Waals surface area contributed by atoms with E-state index in [-0.39, 0.29) is 5.91 Å². The van der Waals surface area contributed by atoms with Gasteiger partial charge in [0, 0.05) is 11.3 Å². The molecule has 0 fully saturated rings. The molecule has 0 spiro atoms. The van der Waals surface area contributed by atoms with E-state index in [2.05, 4.69) is 30.0 Å². The van der Waals surface area contributed by atoms with Crippen molar-refractivity contribution in [3.8, 4) is 11.5 Å². The van der Waals surface area contributed by atoms with Crippen LogP contribution in [0.15, 0.2) is 42.5 Å². The van der Waals surface area contributed by atoms with Gasteiger partial charge in [-0.25, -0.2) is 0 Å². The van der Waals surface area contributed by atoms with Crippen molar-refractivity contribution in [3.63, 3.8) is 0 Å². The number of ether oxygens (including phenoxy) is 2. The summed E-state index contributed by atoms with van der Waals surface area (Å²) in [5, 5.41) is 3.31. The average Bonchev–Trinajstić information content (AvgIpc) is 2.67. The highest BCUT2D eigenvalue weighted by Crippen LogP contribution is 2.27. The van der Waals surface area contributed by atoms with Crippen LogP contribution in [0.5, 0.6) is 11.5 Å². The molecular weight excluding hydrogens is 362 g/mol. The molecule has 0 bridgehead atoms. The van der Waals surface area contributed by atoms with Crippen LogP contribution < -0.4 is 25.6 Å². The lowest BCUT2D eigenvalue weighted by atomic mass is 10.0. The molecule has 0 radical (unpaired) electrons. The first-order valence-electron chi connectivity index (χ1n) is 8.72. The number of amides is 1. The number of anilines is 1. The summed E-state index contributed by atoms with van der Waals surface area (Å²) in [4.78, 5) is 12.3. The maximum atomic E-state index is 12.3. The predicted octanol–water partition coefficient (Wildman–Crippen LogP) is 3.85. The third-order valence-electron chi connectivity index (χ3n) is 3.85. The SMILES string of the molecule is CCOc1ccc(C(=O)NNC(=S)Nc2ccc(C(C)C)cc2)cc1OC. The van der Waals surface area contributed by atoms with Gasteiger partial charge in [0.25, 0.3) is 5.91 Å². The molecule has 0 saturated heterocycles. The molecule has 2 aromatic carbocycles. The molecule has 0 aliphatic carbocycles. The van der Waals surface area contributed by atoms with Gasteiger partial charge < -0.3 is 14.8 Å². The lowest BCUT2D eigenvalue weighted by Gasteiger charge is -2.14. The van der Waals surface area contributed by atoms with Gasteiger partial charge in [-0.3, -0.25) is 15.6 Å². The van der Waals surface area contributed by atoms with Crippen molar-refractivity contribution in [2.24, 2.45) is 0 Å². The first-order valence-corrected chi connectivity index (χ1v) is 9.13. The zero-order chi connectivity index (χ0) is 19.8. The maximum absolute atomic E-state index is 12.3. The summed E-state index contributed by atoms with van der Waals surface area (Å²) in [6.07, 6.45) is 0. The van der Waals surface area contributed by atoms with Gasteiger partial charge in [-0.15, -0.1) is 0 Å². The normalized spacial score (nSPS) is 10.3. The number of methoxy groups -OCH3 is 1. The summed E-state index contributed by atoms with van der Waals surface area (Å²) in [5.74, 6) is 1.21. The topological polar surface area (TPSA) is 71.6 Å². The number of hydrogen-bond donors (Lipinski definition) is 3. The second-order valence-corrected chi connectivity index (χ2v) is 6.52. The van der Waals surface area contributed by atoms with E-state index in [1.165, 1.54) is 12.7 Å². The third kappa shape index (κ3) is 5.86. The van der Waals surface area contributed by atoms with Gasteiger partial charge in [0.15, 0.2) is 16.6 Å². The largest absolute Gasteiger partial charge is 0.493 e. The molecule has 0 heterocycles. The monoisotopic (exact) mass is 387 g/mol. The molecule has 0 aromatic heterocycles. The quantitative estimate of drug-likeness (QED) is 0.517. The summed E-state index contributed by atoms with van der Waals surface area (Å²) in [7, 11) is 1.53. The summed E-state index contributed by atoms with van der Waals surface area (Å²) in [6, 6.07) is 12.9. The maximum Gasteiger partial charge on any atom is 0.269 e. The molecule has 0 aliphatic heterocycles. The van der Waals surface area contributed by atoms with E-state index in [0.29, 0.717) is 34.7 Å². The standard InChI is InChI=1S/C20H25N3O3S/c1-5-26-17-11-8-15(12-18(17)25-4)19(24)22-23-20(27)21-16-9-6-14(7-10-16)13(2)3/h6-13H,5H2,1-4H3,(H,22,24)(H2,21,23,27). The minimum absolute atomic E-state index is 0.290. The minimum Gasteiger partial charge on any atom is -0.493 e. The number of hydrogen-bond acceptors (Lipinski definition) is 4. The highest BCUT2D eigenvalue weighted by Gasteiger charge is 2.11. The van der Waals surface area contributed by atoms with Gasteiger partial charge in [-0.2, -0.15) is 0 Å². The fourth-order valence-electron chi connectivity index (χ4n) is 2.38. The van der Waals surface area contributed by atoms with Crippen molar-refractivity contribution >= 4 is 28.9 Å². The van der Waals surface area contributed by atoms with Crippen LogP contribution in [0.2, 0.25) is 0 Å². The Bertz CT molecular complexity index is 792. The molecule has 0 aliphatic rings. The van der Waals surface area contributed by atoms with Gasteiger partial charge >= 0.3 is 0 Å². The minimum atomic E-state index is -0.337. The lowest BCUT2D eigenvalue weighted by molar-refractivity contribution is 0.0943. The Kier molecular flexibility index (Phi) is 7.43. The van der Waals surface area contributed by atoms with Gasteiger partial charge in [-0.1, -0.05) is 26.0 Å². The number of rotatable bonds is 6. The second kappa shape index (κ2) is 9.78. The first-order chi connectivity index (χ1) is 12.9. The molecule has 0 atom stereocenters. The first kappa shape index (κ1) is 20.5. The van der Waals surface area contributed by atoms with Crippen LogP contribution in [0.1, 0.15) is 42.6 Å². The number of hydrazine groups is 1. The summed E-state index contributed by atoms with van der Waals surface area (Å²) >= 11 is 5.21. The third-order valence-corrected chi connectivity index (χ3v) is 4.05. The van der Waals surface area contributed by atoms with Crippen molar-refractivity contribution in [2.45, 2.75) is 26.7 Å². The molecule has 27 heavy (non-hydrogen) atoms. The van der Waals surface area contributed by atoms with Crippen molar-refractivity contribution in [2.75, 3.05) is 19.0 Å². The van der Waals surface area contributed by atoms with Crippen LogP contribution >= 0.6 is 12.2 Å². The summed E-state index contributed by atoms with van der Waals surface area (Å²) in [6.45, 7) is 6.68. The van der Waals surface area contributed by atoms with E-state index in [1.807, 2.05) is 31.2 Å². The molecule has 6 nitrogen and oxygen atoms in total. The lowest BCUT2D eigenvalue weighted by Crippen LogP contribution is -2.43. The van der Waals surface area contributed by atoms with Crippen LogP contribution in [0, 0.1) is 0 Å². The van der Waals surface area contributed by atoms with E-state index in [4.69, 9.17) is 21.7 Å². The van der Waals surface area contributed by atoms with E-state index in [0.717, 1.165) is 5.69 Å². The Balaban J connectivity index is 1.91. The van der Waals surface area contributed by atoms with Gasteiger partial charge in [0.1, 0.15) is 0 Å². The zero-order valence-corrected chi connectivity index (χ0v) is 16.8. The highest BCUT2D eigenvalue weighted by molar-refractivity contribution is 7.80. The number of carbonyl (C=O) groups is 1.